The van der Waals surface area contributed by atoms with Gasteiger partial charge in [-0.15, -0.1) is 0 Å². The van der Waals surface area contributed by atoms with E-state index >= 15 is 0 Å². The first-order valence-corrected chi connectivity index (χ1v) is 7.65. The number of aromatic nitrogens is 1. The summed E-state index contributed by atoms with van der Waals surface area (Å²) in [6.07, 6.45) is -3.68. The molecule has 1 aliphatic rings. The number of allylic oxidation sites excluding steroid dienone is 2. The van der Waals surface area contributed by atoms with Gasteiger partial charge in [0.05, 0.1) is 16.3 Å². The monoisotopic (exact) mass is 357 g/mol. The summed E-state index contributed by atoms with van der Waals surface area (Å²) in [5.41, 5.74) is 2.15. The quantitative estimate of drug-likeness (QED) is 0.706. The number of halogens is 4. The van der Waals surface area contributed by atoms with Crippen LogP contribution in [-0.2, 0) is 19.0 Å². The average molecular weight is 358 g/mol. The summed E-state index contributed by atoms with van der Waals surface area (Å²) >= 11 is 6.02. The molecule has 7 heteroatoms. The zero-order chi connectivity index (χ0) is 17.8. The van der Waals surface area contributed by atoms with Crippen LogP contribution in [0, 0.1) is 0 Å². The molecule has 1 aromatic heterocycles. The van der Waals surface area contributed by atoms with Crippen molar-refractivity contribution in [3.8, 4) is 17.4 Å². The molecule has 0 saturated carbocycles. The number of alkyl halides is 3. The highest BCUT2D eigenvalue weighted by Gasteiger charge is 2.33. The Bertz CT molecular complexity index is 828. The SMILES string of the molecule is CC1=C(C)Cc2c(c(O)n(-c3cc(C(F)(F)F)ccc3Cl)c2O)C1. The van der Waals surface area contributed by atoms with Crippen LogP contribution in [-0.4, -0.2) is 14.8 Å². The molecule has 0 saturated heterocycles. The molecule has 128 valence electrons. The lowest BCUT2D eigenvalue weighted by molar-refractivity contribution is -0.137. The van der Waals surface area contributed by atoms with Gasteiger partial charge in [-0.1, -0.05) is 22.7 Å². The molecule has 0 amide bonds. The maximum Gasteiger partial charge on any atom is 0.416 e. The second kappa shape index (κ2) is 5.48. The molecule has 0 radical (unpaired) electrons. The summed E-state index contributed by atoms with van der Waals surface area (Å²) < 4.78 is 39.9. The van der Waals surface area contributed by atoms with Gasteiger partial charge >= 0.3 is 6.18 Å². The van der Waals surface area contributed by atoms with E-state index in [1.165, 1.54) is 0 Å². The highest BCUT2D eigenvalue weighted by molar-refractivity contribution is 6.32. The van der Waals surface area contributed by atoms with E-state index in [-0.39, 0.29) is 22.5 Å². The fraction of sp³-hybridized carbons (Fsp3) is 0.294. The minimum absolute atomic E-state index is 0.00218. The van der Waals surface area contributed by atoms with Gasteiger partial charge < -0.3 is 10.2 Å². The second-order valence-corrected chi connectivity index (χ2v) is 6.43. The maximum absolute atomic E-state index is 13.0. The van der Waals surface area contributed by atoms with Crippen LogP contribution in [0.3, 0.4) is 0 Å². The van der Waals surface area contributed by atoms with Crippen LogP contribution in [0.25, 0.3) is 5.69 Å². The number of fused-ring (bicyclic) bond motifs is 1. The number of aromatic hydroxyl groups is 2. The average Bonchev–Trinajstić information content (AvgIpc) is 2.71. The summed E-state index contributed by atoms with van der Waals surface area (Å²) in [6.45, 7) is 3.84. The van der Waals surface area contributed by atoms with Gasteiger partial charge in [0.1, 0.15) is 0 Å². The Balaban J connectivity index is 2.21. The third kappa shape index (κ3) is 2.55. The molecule has 0 atom stereocenters. The number of nitrogens with zero attached hydrogens (tertiary/aromatic N) is 1. The normalized spacial score (nSPS) is 14.9. The zero-order valence-electron chi connectivity index (χ0n) is 13.0. The smallest absolute Gasteiger partial charge is 0.416 e. The highest BCUT2D eigenvalue weighted by atomic mass is 35.5. The molecule has 1 heterocycles. The van der Waals surface area contributed by atoms with Crippen molar-refractivity contribution in [2.45, 2.75) is 32.9 Å². The number of hydrogen-bond acceptors (Lipinski definition) is 2. The molecule has 2 aromatic rings. The Morgan fingerprint density at radius 3 is 1.96 bits per heavy atom. The Hall–Kier alpha value is -2.08. The first-order chi connectivity index (χ1) is 11.1. The van der Waals surface area contributed by atoms with Gasteiger partial charge in [-0.3, -0.25) is 0 Å². The van der Waals surface area contributed by atoms with Gasteiger partial charge in [-0.25, -0.2) is 4.57 Å². The summed E-state index contributed by atoms with van der Waals surface area (Å²) in [6, 6.07) is 2.78. The molecule has 0 spiro atoms. The molecular formula is C17H15ClF3NO2. The van der Waals surface area contributed by atoms with E-state index in [1.54, 1.807) is 0 Å². The van der Waals surface area contributed by atoms with Crippen LogP contribution in [0.5, 0.6) is 11.8 Å². The van der Waals surface area contributed by atoms with E-state index < -0.39 is 11.7 Å². The molecule has 0 fully saturated rings. The predicted molar refractivity (Wildman–Crippen MR) is 84.9 cm³/mol. The minimum atomic E-state index is -4.55. The second-order valence-electron chi connectivity index (χ2n) is 6.02. The number of rotatable bonds is 1. The van der Waals surface area contributed by atoms with Crippen LogP contribution < -0.4 is 0 Å². The van der Waals surface area contributed by atoms with Crippen LogP contribution in [0.15, 0.2) is 29.3 Å². The minimum Gasteiger partial charge on any atom is -0.494 e. The Kier molecular flexibility index (Phi) is 3.83. The standard InChI is InChI=1S/C17H15ClF3NO2/c1-8-5-11-12(6-9(8)2)16(24)22(15(11)23)14-7-10(17(19,20)21)3-4-13(14)18/h3-4,7,23-24H,5-6H2,1-2H3. The summed E-state index contributed by atoms with van der Waals surface area (Å²) in [7, 11) is 0. The molecule has 3 nitrogen and oxygen atoms in total. The van der Waals surface area contributed by atoms with Gasteiger partial charge in [-0.2, -0.15) is 13.2 Å². The van der Waals surface area contributed by atoms with Crippen molar-refractivity contribution >= 4 is 11.6 Å². The fourth-order valence-corrected chi connectivity index (χ4v) is 3.13. The largest absolute Gasteiger partial charge is 0.494 e. The number of benzene rings is 1. The van der Waals surface area contributed by atoms with Crippen molar-refractivity contribution in [2.75, 3.05) is 0 Å². The molecule has 24 heavy (non-hydrogen) atoms. The topological polar surface area (TPSA) is 45.4 Å². The van der Waals surface area contributed by atoms with Crippen molar-refractivity contribution in [3.05, 3.63) is 51.1 Å². The van der Waals surface area contributed by atoms with Crippen molar-refractivity contribution in [1.29, 1.82) is 0 Å². The molecule has 0 aliphatic heterocycles. The van der Waals surface area contributed by atoms with Crippen LogP contribution >= 0.6 is 11.6 Å². The van der Waals surface area contributed by atoms with Gasteiger partial charge in [0.2, 0.25) is 11.8 Å². The summed E-state index contributed by atoms with van der Waals surface area (Å²) in [5.74, 6) is -0.564. The molecule has 0 unspecified atom stereocenters. The van der Waals surface area contributed by atoms with Crippen LogP contribution in [0.1, 0.15) is 30.5 Å². The lowest BCUT2D eigenvalue weighted by atomic mass is 9.90. The van der Waals surface area contributed by atoms with E-state index in [9.17, 15) is 23.4 Å². The Labute approximate surface area is 141 Å². The van der Waals surface area contributed by atoms with Gasteiger partial charge in [-0.05, 0) is 44.9 Å². The third-order valence-electron chi connectivity index (χ3n) is 4.45. The van der Waals surface area contributed by atoms with Gasteiger partial charge in [0.15, 0.2) is 0 Å². The molecule has 0 bridgehead atoms. The summed E-state index contributed by atoms with van der Waals surface area (Å²) in [4.78, 5) is 0. The maximum atomic E-state index is 13.0. The third-order valence-corrected chi connectivity index (χ3v) is 4.77. The molecule has 2 N–H and O–H groups in total. The number of hydrogen-bond donors (Lipinski definition) is 2. The lowest BCUT2D eigenvalue weighted by Crippen LogP contribution is -2.06. The van der Waals surface area contributed by atoms with E-state index in [4.69, 9.17) is 11.6 Å². The van der Waals surface area contributed by atoms with E-state index in [0.717, 1.165) is 33.9 Å². The summed E-state index contributed by atoms with van der Waals surface area (Å²) in [5, 5.41) is 20.9. The lowest BCUT2D eigenvalue weighted by Gasteiger charge is -2.15. The Morgan fingerprint density at radius 1 is 1.00 bits per heavy atom. The first-order valence-electron chi connectivity index (χ1n) is 7.28. The van der Waals surface area contributed by atoms with Crippen molar-refractivity contribution in [3.63, 3.8) is 0 Å². The van der Waals surface area contributed by atoms with E-state index in [1.807, 2.05) is 13.8 Å². The molecular weight excluding hydrogens is 343 g/mol. The van der Waals surface area contributed by atoms with Gasteiger partial charge in [0, 0.05) is 11.1 Å². The Morgan fingerprint density at radius 2 is 1.50 bits per heavy atom. The van der Waals surface area contributed by atoms with Gasteiger partial charge in [0.25, 0.3) is 0 Å². The van der Waals surface area contributed by atoms with Crippen molar-refractivity contribution in [1.82, 2.24) is 4.57 Å². The fourth-order valence-electron chi connectivity index (χ4n) is 2.93. The van der Waals surface area contributed by atoms with Crippen molar-refractivity contribution in [2.24, 2.45) is 0 Å². The molecule has 1 aliphatic carbocycles. The van der Waals surface area contributed by atoms with Crippen LogP contribution in [0.2, 0.25) is 5.02 Å². The molecule has 3 rings (SSSR count). The highest BCUT2D eigenvalue weighted by Crippen LogP contribution is 2.44. The van der Waals surface area contributed by atoms with Crippen molar-refractivity contribution < 1.29 is 23.4 Å². The predicted octanol–water partition coefficient (Wildman–Crippen LogP) is 5.00. The first kappa shape index (κ1) is 16.8. The van der Waals surface area contributed by atoms with E-state index in [0.29, 0.717) is 24.0 Å². The van der Waals surface area contributed by atoms with Crippen LogP contribution in [0.4, 0.5) is 13.2 Å². The zero-order valence-corrected chi connectivity index (χ0v) is 13.8. The molecule has 1 aromatic carbocycles. The van der Waals surface area contributed by atoms with E-state index in [2.05, 4.69) is 0 Å².